The highest BCUT2D eigenvalue weighted by molar-refractivity contribution is 5.85. The Labute approximate surface area is 102 Å². The zero-order valence-corrected chi connectivity index (χ0v) is 10.4. The van der Waals surface area contributed by atoms with Crippen molar-refractivity contribution in [1.82, 2.24) is 4.98 Å². The van der Waals surface area contributed by atoms with Crippen LogP contribution in [0.15, 0.2) is 24.3 Å². The van der Waals surface area contributed by atoms with E-state index < -0.39 is 0 Å². The summed E-state index contributed by atoms with van der Waals surface area (Å²) in [7, 11) is 0. The number of aromatic nitrogens is 1. The molecule has 0 radical (unpaired) electrons. The van der Waals surface area contributed by atoms with Crippen LogP contribution in [0, 0.1) is 6.92 Å². The van der Waals surface area contributed by atoms with Gasteiger partial charge in [-0.25, -0.2) is 0 Å². The molecule has 0 saturated heterocycles. The van der Waals surface area contributed by atoms with Crippen molar-refractivity contribution in [2.75, 3.05) is 0 Å². The summed E-state index contributed by atoms with van der Waals surface area (Å²) in [4.78, 5) is 3.47. The molecule has 90 valence electrons. The number of hydrogen-bond donors (Lipinski definition) is 2. The van der Waals surface area contributed by atoms with Crippen LogP contribution in [0.1, 0.15) is 43.4 Å². The Morgan fingerprint density at radius 3 is 2.59 bits per heavy atom. The van der Waals surface area contributed by atoms with Gasteiger partial charge in [0.2, 0.25) is 0 Å². The summed E-state index contributed by atoms with van der Waals surface area (Å²) in [5.41, 5.74) is 10.4. The van der Waals surface area contributed by atoms with Crippen molar-refractivity contribution >= 4 is 10.9 Å². The van der Waals surface area contributed by atoms with Gasteiger partial charge < -0.3 is 10.7 Å². The molecule has 1 aromatic heterocycles. The van der Waals surface area contributed by atoms with Crippen LogP contribution in [0.4, 0.5) is 0 Å². The van der Waals surface area contributed by atoms with Gasteiger partial charge in [-0.15, -0.1) is 0 Å². The molecule has 1 saturated carbocycles. The van der Waals surface area contributed by atoms with E-state index in [2.05, 4.69) is 36.2 Å². The molecule has 1 aliphatic carbocycles. The van der Waals surface area contributed by atoms with E-state index in [0.29, 0.717) is 0 Å². The van der Waals surface area contributed by atoms with Crippen molar-refractivity contribution in [2.24, 2.45) is 5.73 Å². The summed E-state index contributed by atoms with van der Waals surface area (Å²) < 4.78 is 0. The first-order valence-electron chi connectivity index (χ1n) is 6.57. The average molecular weight is 228 g/mol. The van der Waals surface area contributed by atoms with Gasteiger partial charge >= 0.3 is 0 Å². The Bertz CT molecular complexity index is 533. The number of benzene rings is 1. The number of fused-ring (bicyclic) bond motifs is 1. The van der Waals surface area contributed by atoms with Crippen LogP contribution in [0.5, 0.6) is 0 Å². The maximum absolute atomic E-state index is 6.67. The Kier molecular flexibility index (Phi) is 2.48. The summed E-state index contributed by atoms with van der Waals surface area (Å²) in [6, 6.07) is 8.51. The molecule has 0 bridgehead atoms. The third kappa shape index (κ3) is 1.67. The van der Waals surface area contributed by atoms with Gasteiger partial charge in [-0.2, -0.15) is 0 Å². The van der Waals surface area contributed by atoms with Gasteiger partial charge in [-0.1, -0.05) is 37.5 Å². The van der Waals surface area contributed by atoms with E-state index in [-0.39, 0.29) is 5.54 Å². The highest BCUT2D eigenvalue weighted by Crippen LogP contribution is 2.39. The molecular formula is C15H20N2. The van der Waals surface area contributed by atoms with E-state index in [4.69, 9.17) is 5.73 Å². The van der Waals surface area contributed by atoms with Crippen LogP contribution in [-0.4, -0.2) is 4.98 Å². The molecule has 3 rings (SSSR count). The van der Waals surface area contributed by atoms with Crippen LogP contribution in [0.3, 0.4) is 0 Å². The molecule has 2 nitrogen and oxygen atoms in total. The highest BCUT2D eigenvalue weighted by atomic mass is 14.8. The molecule has 0 unspecified atom stereocenters. The fourth-order valence-corrected chi connectivity index (χ4v) is 3.35. The smallest absolute Gasteiger partial charge is 0.0459 e. The van der Waals surface area contributed by atoms with Crippen molar-refractivity contribution in [3.8, 4) is 0 Å². The van der Waals surface area contributed by atoms with E-state index in [1.807, 2.05) is 0 Å². The zero-order chi connectivity index (χ0) is 11.9. The molecule has 3 N–H and O–H groups in total. The molecule has 1 heterocycles. The van der Waals surface area contributed by atoms with E-state index in [0.717, 1.165) is 12.8 Å². The maximum atomic E-state index is 6.67. The Morgan fingerprint density at radius 1 is 1.12 bits per heavy atom. The minimum Gasteiger partial charge on any atom is -0.358 e. The van der Waals surface area contributed by atoms with E-state index in [1.165, 1.54) is 41.4 Å². The quantitative estimate of drug-likeness (QED) is 0.769. The lowest BCUT2D eigenvalue weighted by Gasteiger charge is -2.34. The fraction of sp³-hybridized carbons (Fsp3) is 0.467. The van der Waals surface area contributed by atoms with Gasteiger partial charge in [0.05, 0.1) is 0 Å². The summed E-state index contributed by atoms with van der Waals surface area (Å²) in [5.74, 6) is 0. The molecule has 1 aromatic carbocycles. The average Bonchev–Trinajstić information content (AvgIpc) is 2.66. The van der Waals surface area contributed by atoms with Gasteiger partial charge in [0.1, 0.15) is 0 Å². The lowest BCUT2D eigenvalue weighted by molar-refractivity contribution is 0.303. The maximum Gasteiger partial charge on any atom is 0.0459 e. The lowest BCUT2D eigenvalue weighted by Crippen LogP contribution is -2.39. The van der Waals surface area contributed by atoms with Gasteiger partial charge in [-0.05, 0) is 25.8 Å². The van der Waals surface area contributed by atoms with Crippen LogP contribution >= 0.6 is 0 Å². The number of aryl methyl sites for hydroxylation is 1. The standard InChI is InChI=1S/C15H20N2/c1-11-14(15(16)9-5-2-6-10-15)12-7-3-4-8-13(12)17-11/h3-4,7-8,17H,2,5-6,9-10,16H2,1H3. The third-order valence-electron chi connectivity index (χ3n) is 4.14. The van der Waals surface area contributed by atoms with E-state index >= 15 is 0 Å². The summed E-state index contributed by atoms with van der Waals surface area (Å²) in [6.07, 6.45) is 6.09. The SMILES string of the molecule is Cc1[nH]c2ccccc2c1C1(N)CCCCC1. The highest BCUT2D eigenvalue weighted by Gasteiger charge is 2.33. The summed E-state index contributed by atoms with van der Waals surface area (Å²) >= 11 is 0. The fourth-order valence-electron chi connectivity index (χ4n) is 3.35. The number of nitrogens with one attached hydrogen (secondary N) is 1. The first-order chi connectivity index (χ1) is 8.21. The number of H-pyrrole nitrogens is 1. The molecule has 0 aliphatic heterocycles. The molecule has 0 atom stereocenters. The Hall–Kier alpha value is -1.28. The molecule has 1 fully saturated rings. The van der Waals surface area contributed by atoms with Crippen LogP contribution in [0.25, 0.3) is 10.9 Å². The van der Waals surface area contributed by atoms with Crippen LogP contribution in [0.2, 0.25) is 0 Å². The Morgan fingerprint density at radius 2 is 1.82 bits per heavy atom. The van der Waals surface area contributed by atoms with E-state index in [1.54, 1.807) is 0 Å². The van der Waals surface area contributed by atoms with Crippen molar-refractivity contribution in [1.29, 1.82) is 0 Å². The molecular weight excluding hydrogens is 208 g/mol. The largest absolute Gasteiger partial charge is 0.358 e. The predicted molar refractivity (Wildman–Crippen MR) is 72.0 cm³/mol. The zero-order valence-electron chi connectivity index (χ0n) is 10.4. The normalized spacial score (nSPS) is 19.6. The summed E-state index contributed by atoms with van der Waals surface area (Å²) in [5, 5.41) is 1.31. The molecule has 0 spiro atoms. The van der Waals surface area contributed by atoms with Gasteiger partial charge in [-0.3, -0.25) is 0 Å². The molecule has 17 heavy (non-hydrogen) atoms. The van der Waals surface area contributed by atoms with Crippen molar-refractivity contribution < 1.29 is 0 Å². The van der Waals surface area contributed by atoms with Crippen molar-refractivity contribution in [3.05, 3.63) is 35.5 Å². The van der Waals surface area contributed by atoms with Crippen molar-refractivity contribution in [3.63, 3.8) is 0 Å². The second-order valence-electron chi connectivity index (χ2n) is 5.39. The first kappa shape index (κ1) is 10.8. The molecule has 2 aromatic rings. The van der Waals surface area contributed by atoms with Gasteiger partial charge in [0.25, 0.3) is 0 Å². The number of hydrogen-bond acceptors (Lipinski definition) is 1. The minimum atomic E-state index is -0.109. The van der Waals surface area contributed by atoms with Gasteiger partial charge in [0.15, 0.2) is 0 Å². The molecule has 2 heteroatoms. The minimum absolute atomic E-state index is 0.109. The number of nitrogens with two attached hydrogens (primary N) is 1. The third-order valence-corrected chi connectivity index (χ3v) is 4.14. The topological polar surface area (TPSA) is 41.8 Å². The number of rotatable bonds is 1. The van der Waals surface area contributed by atoms with Crippen LogP contribution in [-0.2, 0) is 5.54 Å². The number of aromatic amines is 1. The first-order valence-corrected chi connectivity index (χ1v) is 6.57. The predicted octanol–water partition coefficient (Wildman–Crippen LogP) is 3.59. The molecule has 0 amide bonds. The second kappa shape index (κ2) is 3.88. The van der Waals surface area contributed by atoms with Crippen LogP contribution < -0.4 is 5.73 Å². The van der Waals surface area contributed by atoms with E-state index in [9.17, 15) is 0 Å². The monoisotopic (exact) mass is 228 g/mol. The second-order valence-corrected chi connectivity index (χ2v) is 5.39. The van der Waals surface area contributed by atoms with Gasteiger partial charge in [0, 0.05) is 27.7 Å². The lowest BCUT2D eigenvalue weighted by atomic mass is 9.76. The Balaban J connectivity index is 2.18. The number of para-hydroxylation sites is 1. The molecule has 1 aliphatic rings. The van der Waals surface area contributed by atoms with Crippen molar-refractivity contribution in [2.45, 2.75) is 44.6 Å². The summed E-state index contributed by atoms with van der Waals surface area (Å²) in [6.45, 7) is 2.15.